The number of ether oxygens (including phenoxy) is 2. The molecular weight excluding hydrogens is 382 g/mol. The molecule has 1 N–H and O–H groups in total. The van der Waals surface area contributed by atoms with E-state index in [1.165, 1.54) is 0 Å². The fourth-order valence-corrected chi connectivity index (χ4v) is 2.74. The molecule has 0 bridgehead atoms. The average molecular weight is 414 g/mol. The Labute approximate surface area is 172 Å². The number of rotatable bonds is 10. The van der Waals surface area contributed by atoms with Crippen LogP contribution in [0, 0.1) is 0 Å². The van der Waals surface area contributed by atoms with Crippen LogP contribution in [-0.4, -0.2) is 54.0 Å². The van der Waals surface area contributed by atoms with Crippen molar-refractivity contribution in [1.82, 2.24) is 4.90 Å². The van der Waals surface area contributed by atoms with Crippen LogP contribution in [0.3, 0.4) is 0 Å². The molecule has 0 aromatic heterocycles. The van der Waals surface area contributed by atoms with Crippen molar-refractivity contribution in [2.45, 2.75) is 64.5 Å². The van der Waals surface area contributed by atoms with Crippen LogP contribution < -0.4 is 0 Å². The van der Waals surface area contributed by atoms with Gasteiger partial charge in [0.1, 0.15) is 5.60 Å². The topological polar surface area (TPSA) is 76.1 Å². The van der Waals surface area contributed by atoms with Crippen LogP contribution in [0.15, 0.2) is 24.3 Å². The molecule has 1 amide bonds. The molecule has 0 saturated carbocycles. The number of aliphatic hydroxyl groups is 1. The third-order valence-corrected chi connectivity index (χ3v) is 4.35. The summed E-state index contributed by atoms with van der Waals surface area (Å²) in [6, 6.07) is 7.38. The predicted molar refractivity (Wildman–Crippen MR) is 109 cm³/mol. The molecule has 0 aliphatic heterocycles. The number of carbonyl (C=O) groups is 2. The molecule has 1 aromatic carbocycles. The summed E-state index contributed by atoms with van der Waals surface area (Å²) < 4.78 is 10.5. The Morgan fingerprint density at radius 1 is 1.18 bits per heavy atom. The van der Waals surface area contributed by atoms with Crippen LogP contribution in [0.4, 0.5) is 4.79 Å². The van der Waals surface area contributed by atoms with Gasteiger partial charge in [-0.15, -0.1) is 0 Å². The number of amides is 1. The van der Waals surface area contributed by atoms with Gasteiger partial charge in [-0.3, -0.25) is 4.79 Å². The highest BCUT2D eigenvalue weighted by atomic mass is 35.5. The molecule has 0 saturated heterocycles. The Bertz CT molecular complexity index is 612. The minimum Gasteiger partial charge on any atom is -0.466 e. The van der Waals surface area contributed by atoms with E-state index in [0.717, 1.165) is 5.56 Å². The SMILES string of the molecule is CN(C(=O)OC(C)(C)C)C(CCCC(=O)OCCCO)Cc1ccc(Cl)cc1. The molecule has 158 valence electrons. The number of benzene rings is 1. The van der Waals surface area contributed by atoms with E-state index in [1.807, 2.05) is 45.0 Å². The van der Waals surface area contributed by atoms with Crippen molar-refractivity contribution < 1.29 is 24.2 Å². The normalized spacial score (nSPS) is 12.4. The number of esters is 1. The lowest BCUT2D eigenvalue weighted by atomic mass is 10.00. The van der Waals surface area contributed by atoms with E-state index < -0.39 is 11.7 Å². The highest BCUT2D eigenvalue weighted by Crippen LogP contribution is 2.19. The maximum Gasteiger partial charge on any atom is 0.410 e. The zero-order valence-corrected chi connectivity index (χ0v) is 18.0. The highest BCUT2D eigenvalue weighted by Gasteiger charge is 2.25. The molecule has 0 fully saturated rings. The largest absolute Gasteiger partial charge is 0.466 e. The maximum atomic E-state index is 12.5. The Morgan fingerprint density at radius 3 is 2.39 bits per heavy atom. The first-order valence-corrected chi connectivity index (χ1v) is 9.97. The fraction of sp³-hybridized carbons (Fsp3) is 0.619. The van der Waals surface area contributed by atoms with Crippen LogP contribution in [-0.2, 0) is 20.7 Å². The van der Waals surface area contributed by atoms with Gasteiger partial charge in [-0.1, -0.05) is 23.7 Å². The second kappa shape index (κ2) is 11.9. The summed E-state index contributed by atoms with van der Waals surface area (Å²) in [5.74, 6) is -0.293. The zero-order chi connectivity index (χ0) is 21.2. The molecule has 0 spiro atoms. The van der Waals surface area contributed by atoms with Gasteiger partial charge in [-0.25, -0.2) is 4.79 Å². The molecule has 1 unspecified atom stereocenters. The Kier molecular flexibility index (Phi) is 10.3. The third-order valence-electron chi connectivity index (χ3n) is 4.10. The van der Waals surface area contributed by atoms with Crippen molar-refractivity contribution in [2.75, 3.05) is 20.3 Å². The van der Waals surface area contributed by atoms with E-state index >= 15 is 0 Å². The fourth-order valence-electron chi connectivity index (χ4n) is 2.61. The van der Waals surface area contributed by atoms with Gasteiger partial charge in [0.2, 0.25) is 0 Å². The average Bonchev–Trinajstić information content (AvgIpc) is 2.60. The molecule has 1 aromatic rings. The number of hydrogen-bond acceptors (Lipinski definition) is 5. The van der Waals surface area contributed by atoms with E-state index in [1.54, 1.807) is 11.9 Å². The number of aliphatic hydroxyl groups excluding tert-OH is 1. The summed E-state index contributed by atoms with van der Waals surface area (Å²) in [7, 11) is 1.72. The summed E-state index contributed by atoms with van der Waals surface area (Å²) in [6.07, 6.45) is 2.16. The first-order chi connectivity index (χ1) is 13.1. The third kappa shape index (κ3) is 9.95. The lowest BCUT2D eigenvalue weighted by Crippen LogP contribution is -2.42. The van der Waals surface area contributed by atoms with Gasteiger partial charge in [0.15, 0.2) is 0 Å². The van der Waals surface area contributed by atoms with Crippen molar-refractivity contribution in [3.63, 3.8) is 0 Å². The predicted octanol–water partition coefficient (Wildman–Crippen LogP) is 4.21. The summed E-state index contributed by atoms with van der Waals surface area (Å²) >= 11 is 5.95. The van der Waals surface area contributed by atoms with Gasteiger partial charge in [-0.05, 0) is 57.7 Å². The van der Waals surface area contributed by atoms with Gasteiger partial charge in [0.25, 0.3) is 0 Å². The van der Waals surface area contributed by atoms with Crippen LogP contribution in [0.5, 0.6) is 0 Å². The number of likely N-dealkylation sites (N-methyl/N-ethyl adjacent to an activating group) is 1. The van der Waals surface area contributed by atoms with Crippen molar-refractivity contribution in [3.8, 4) is 0 Å². The molecule has 7 heteroatoms. The lowest BCUT2D eigenvalue weighted by molar-refractivity contribution is -0.144. The van der Waals surface area contributed by atoms with Gasteiger partial charge in [0.05, 0.1) is 6.61 Å². The van der Waals surface area contributed by atoms with Gasteiger partial charge < -0.3 is 19.5 Å². The van der Waals surface area contributed by atoms with Crippen LogP contribution in [0.25, 0.3) is 0 Å². The standard InChI is InChI=1S/C21H32ClNO5/c1-21(2,3)28-20(26)23(4)18(15-16-9-11-17(22)12-10-16)7-5-8-19(25)27-14-6-13-24/h9-12,18,24H,5-8,13-15H2,1-4H3. The Morgan fingerprint density at radius 2 is 1.82 bits per heavy atom. The van der Waals surface area contributed by atoms with E-state index in [2.05, 4.69) is 0 Å². The second-order valence-electron chi connectivity index (χ2n) is 7.77. The first-order valence-electron chi connectivity index (χ1n) is 9.59. The van der Waals surface area contributed by atoms with E-state index in [0.29, 0.717) is 30.7 Å². The summed E-state index contributed by atoms with van der Waals surface area (Å²) in [5.41, 5.74) is 0.475. The molecule has 0 aliphatic rings. The smallest absolute Gasteiger partial charge is 0.410 e. The van der Waals surface area contributed by atoms with Gasteiger partial charge >= 0.3 is 12.1 Å². The molecule has 0 heterocycles. The van der Waals surface area contributed by atoms with Gasteiger partial charge in [0, 0.05) is 37.6 Å². The molecule has 1 rings (SSSR count). The van der Waals surface area contributed by atoms with Crippen LogP contribution in [0.1, 0.15) is 52.0 Å². The summed E-state index contributed by atoms with van der Waals surface area (Å²) in [6.45, 7) is 5.71. The quantitative estimate of drug-likeness (QED) is 0.459. The number of hydrogen-bond donors (Lipinski definition) is 1. The van der Waals surface area contributed by atoms with Crippen molar-refractivity contribution in [2.24, 2.45) is 0 Å². The molecule has 6 nitrogen and oxygen atoms in total. The molecular formula is C21H32ClNO5. The minimum atomic E-state index is -0.577. The minimum absolute atomic E-state index is 0.00285. The lowest BCUT2D eigenvalue weighted by Gasteiger charge is -2.31. The van der Waals surface area contributed by atoms with Crippen molar-refractivity contribution in [3.05, 3.63) is 34.9 Å². The van der Waals surface area contributed by atoms with E-state index in [4.69, 9.17) is 26.2 Å². The number of carbonyl (C=O) groups excluding carboxylic acids is 2. The highest BCUT2D eigenvalue weighted by molar-refractivity contribution is 6.30. The monoisotopic (exact) mass is 413 g/mol. The Balaban J connectivity index is 2.70. The zero-order valence-electron chi connectivity index (χ0n) is 17.2. The van der Waals surface area contributed by atoms with Crippen molar-refractivity contribution >= 4 is 23.7 Å². The Hall–Kier alpha value is -1.79. The van der Waals surface area contributed by atoms with Crippen LogP contribution >= 0.6 is 11.6 Å². The maximum absolute atomic E-state index is 12.5. The van der Waals surface area contributed by atoms with Crippen molar-refractivity contribution in [1.29, 1.82) is 0 Å². The number of nitrogens with zero attached hydrogens (tertiary/aromatic N) is 1. The number of halogens is 1. The van der Waals surface area contributed by atoms with Crippen LogP contribution in [0.2, 0.25) is 5.02 Å². The summed E-state index contributed by atoms with van der Waals surface area (Å²) in [4.78, 5) is 25.8. The molecule has 28 heavy (non-hydrogen) atoms. The summed E-state index contributed by atoms with van der Waals surface area (Å²) in [5, 5.41) is 9.39. The van der Waals surface area contributed by atoms with Gasteiger partial charge in [-0.2, -0.15) is 0 Å². The molecule has 1 atom stereocenters. The first kappa shape index (κ1) is 24.2. The van der Waals surface area contributed by atoms with E-state index in [-0.39, 0.29) is 31.6 Å². The second-order valence-corrected chi connectivity index (χ2v) is 8.20. The molecule has 0 radical (unpaired) electrons. The molecule has 0 aliphatic carbocycles. The van der Waals surface area contributed by atoms with E-state index in [9.17, 15) is 9.59 Å².